The van der Waals surface area contributed by atoms with Crippen LogP contribution in [-0.4, -0.2) is 27.1 Å². The maximum atomic E-state index is 11.0. The summed E-state index contributed by atoms with van der Waals surface area (Å²) >= 11 is 6.16. The highest BCUT2D eigenvalue weighted by molar-refractivity contribution is 6.32. The molecular weight excluding hydrogens is 268 g/mol. The molecule has 0 saturated heterocycles. The van der Waals surface area contributed by atoms with Gasteiger partial charge in [-0.05, 0) is 31.4 Å². The number of carbonyl (C=O) groups is 1. The van der Waals surface area contributed by atoms with Gasteiger partial charge in [0.1, 0.15) is 5.78 Å². The number of benzene rings is 1. The number of hydrogen-bond donors (Lipinski definition) is 0. The number of Topliss-reactive ketones (excluding diaryl/α,β-unsaturated/α-hetero) is 1. The average Bonchev–Trinajstić information content (AvgIpc) is 2.37. The van der Waals surface area contributed by atoms with Crippen LogP contribution in [0.2, 0.25) is 5.02 Å². The molecule has 1 aromatic carbocycles. The molecule has 5 heteroatoms. The number of methoxy groups -OCH3 is 3. The van der Waals surface area contributed by atoms with Crippen LogP contribution in [0.1, 0.15) is 25.3 Å². The van der Waals surface area contributed by atoms with E-state index in [2.05, 4.69) is 0 Å². The van der Waals surface area contributed by atoms with Crippen molar-refractivity contribution in [3.05, 3.63) is 16.7 Å². The average molecular weight is 287 g/mol. The lowest BCUT2D eigenvalue weighted by molar-refractivity contribution is -0.117. The minimum atomic E-state index is 0.172. The van der Waals surface area contributed by atoms with Gasteiger partial charge in [0, 0.05) is 6.42 Å². The van der Waals surface area contributed by atoms with Crippen LogP contribution in [-0.2, 0) is 11.2 Å². The zero-order valence-electron chi connectivity index (χ0n) is 11.7. The largest absolute Gasteiger partial charge is 0.492 e. The minimum absolute atomic E-state index is 0.172. The Labute approximate surface area is 118 Å². The van der Waals surface area contributed by atoms with Gasteiger partial charge in [0.05, 0.1) is 26.4 Å². The number of ketones is 1. The van der Waals surface area contributed by atoms with E-state index in [-0.39, 0.29) is 5.78 Å². The fraction of sp³-hybridized carbons (Fsp3) is 0.500. The fourth-order valence-electron chi connectivity index (χ4n) is 1.95. The first-order chi connectivity index (χ1) is 9.04. The van der Waals surface area contributed by atoms with Crippen molar-refractivity contribution in [3.63, 3.8) is 0 Å². The van der Waals surface area contributed by atoms with E-state index >= 15 is 0 Å². The van der Waals surface area contributed by atoms with Crippen LogP contribution < -0.4 is 14.2 Å². The predicted octanol–water partition coefficient (Wildman–Crippen LogP) is 3.28. The van der Waals surface area contributed by atoms with Crippen LogP contribution in [0.3, 0.4) is 0 Å². The van der Waals surface area contributed by atoms with Gasteiger partial charge in [-0.25, -0.2) is 0 Å². The third kappa shape index (κ3) is 3.77. The van der Waals surface area contributed by atoms with Gasteiger partial charge >= 0.3 is 0 Å². The maximum absolute atomic E-state index is 11.0. The zero-order chi connectivity index (χ0) is 14.4. The van der Waals surface area contributed by atoms with Crippen molar-refractivity contribution in [1.82, 2.24) is 0 Å². The molecule has 0 amide bonds. The smallest absolute Gasteiger partial charge is 0.205 e. The first-order valence-corrected chi connectivity index (χ1v) is 6.39. The van der Waals surface area contributed by atoms with Crippen molar-refractivity contribution < 1.29 is 19.0 Å². The van der Waals surface area contributed by atoms with Crippen LogP contribution in [0.15, 0.2) is 6.07 Å². The number of ether oxygens (including phenoxy) is 3. The molecule has 106 valence electrons. The fourth-order valence-corrected chi connectivity index (χ4v) is 2.25. The summed E-state index contributed by atoms with van der Waals surface area (Å²) in [4.78, 5) is 11.0. The molecule has 0 aromatic heterocycles. The summed E-state index contributed by atoms with van der Waals surface area (Å²) in [5, 5.41) is 0.470. The van der Waals surface area contributed by atoms with Crippen LogP contribution in [0.25, 0.3) is 0 Å². The minimum Gasteiger partial charge on any atom is -0.492 e. The van der Waals surface area contributed by atoms with Crippen LogP contribution in [0.5, 0.6) is 17.2 Å². The molecule has 1 aromatic rings. The first kappa shape index (κ1) is 15.6. The highest BCUT2D eigenvalue weighted by Crippen LogP contribution is 2.45. The van der Waals surface area contributed by atoms with Crippen LogP contribution in [0, 0.1) is 0 Å². The Balaban J connectivity index is 3.09. The Morgan fingerprint density at radius 3 is 2.16 bits per heavy atom. The molecule has 0 bridgehead atoms. The molecule has 0 radical (unpaired) electrons. The summed E-state index contributed by atoms with van der Waals surface area (Å²) in [5.74, 6) is 1.71. The van der Waals surface area contributed by atoms with Crippen molar-refractivity contribution in [1.29, 1.82) is 0 Å². The standard InChI is InChI=1S/C14H19ClO4/c1-9(16)6-5-7-10-8-11(15)13(18-3)14(19-4)12(10)17-2/h8H,5-7H2,1-4H3. The lowest BCUT2D eigenvalue weighted by Crippen LogP contribution is -2.01. The third-order valence-corrected chi connectivity index (χ3v) is 3.09. The summed E-state index contributed by atoms with van der Waals surface area (Å²) in [6.45, 7) is 1.58. The molecule has 0 fully saturated rings. The maximum Gasteiger partial charge on any atom is 0.205 e. The Hall–Kier alpha value is -1.42. The van der Waals surface area contributed by atoms with E-state index in [0.717, 1.165) is 12.0 Å². The monoisotopic (exact) mass is 286 g/mol. The van der Waals surface area contributed by atoms with E-state index in [4.69, 9.17) is 25.8 Å². The van der Waals surface area contributed by atoms with E-state index < -0.39 is 0 Å². The van der Waals surface area contributed by atoms with E-state index in [0.29, 0.717) is 35.1 Å². The third-order valence-electron chi connectivity index (χ3n) is 2.81. The first-order valence-electron chi connectivity index (χ1n) is 6.01. The molecular formula is C14H19ClO4. The molecule has 0 spiro atoms. The van der Waals surface area contributed by atoms with Gasteiger partial charge in [-0.15, -0.1) is 0 Å². The topological polar surface area (TPSA) is 44.8 Å². The molecule has 0 aliphatic heterocycles. The van der Waals surface area contributed by atoms with Crippen LogP contribution in [0.4, 0.5) is 0 Å². The number of carbonyl (C=O) groups excluding carboxylic acids is 1. The molecule has 0 N–H and O–H groups in total. The van der Waals surface area contributed by atoms with Gasteiger partial charge in [0.2, 0.25) is 5.75 Å². The van der Waals surface area contributed by atoms with Gasteiger partial charge in [-0.2, -0.15) is 0 Å². The van der Waals surface area contributed by atoms with Gasteiger partial charge < -0.3 is 19.0 Å². The summed E-state index contributed by atoms with van der Waals surface area (Å²) in [6.07, 6.45) is 1.98. The van der Waals surface area contributed by atoms with Gasteiger partial charge in [0.15, 0.2) is 11.5 Å². The van der Waals surface area contributed by atoms with Crippen molar-refractivity contribution in [2.75, 3.05) is 21.3 Å². The number of halogens is 1. The van der Waals surface area contributed by atoms with E-state index in [1.165, 1.54) is 14.2 Å². The quantitative estimate of drug-likeness (QED) is 0.772. The van der Waals surface area contributed by atoms with Gasteiger partial charge in [0.25, 0.3) is 0 Å². The normalized spacial score (nSPS) is 10.2. The molecule has 1 rings (SSSR count). The molecule has 0 heterocycles. The van der Waals surface area contributed by atoms with Crippen molar-refractivity contribution in [2.45, 2.75) is 26.2 Å². The van der Waals surface area contributed by atoms with E-state index in [1.54, 1.807) is 20.1 Å². The summed E-state index contributed by atoms with van der Waals surface area (Å²) in [6, 6.07) is 1.79. The predicted molar refractivity (Wildman–Crippen MR) is 74.7 cm³/mol. The molecule has 4 nitrogen and oxygen atoms in total. The zero-order valence-corrected chi connectivity index (χ0v) is 12.5. The summed E-state index contributed by atoms with van der Waals surface area (Å²) < 4.78 is 15.9. The van der Waals surface area contributed by atoms with Crippen molar-refractivity contribution >= 4 is 17.4 Å². The molecule has 0 saturated carbocycles. The Bertz CT molecular complexity index is 457. The van der Waals surface area contributed by atoms with Crippen molar-refractivity contribution in [2.24, 2.45) is 0 Å². The van der Waals surface area contributed by atoms with E-state index in [9.17, 15) is 4.79 Å². The summed E-state index contributed by atoms with van der Waals surface area (Å²) in [7, 11) is 4.63. The van der Waals surface area contributed by atoms with Crippen LogP contribution >= 0.6 is 11.6 Å². The number of hydrogen-bond acceptors (Lipinski definition) is 4. The lowest BCUT2D eigenvalue weighted by Gasteiger charge is -2.17. The second-order valence-corrected chi connectivity index (χ2v) is 4.58. The molecule has 0 unspecified atom stereocenters. The highest BCUT2D eigenvalue weighted by atomic mass is 35.5. The van der Waals surface area contributed by atoms with Gasteiger partial charge in [-0.3, -0.25) is 0 Å². The summed E-state index contributed by atoms with van der Waals surface area (Å²) in [5.41, 5.74) is 0.909. The Kier molecular flexibility index (Phi) is 5.96. The highest BCUT2D eigenvalue weighted by Gasteiger charge is 2.19. The molecule has 0 aliphatic carbocycles. The molecule has 0 atom stereocenters. The molecule has 19 heavy (non-hydrogen) atoms. The van der Waals surface area contributed by atoms with Gasteiger partial charge in [-0.1, -0.05) is 11.6 Å². The Morgan fingerprint density at radius 2 is 1.68 bits per heavy atom. The number of aryl methyl sites for hydroxylation is 1. The molecule has 0 aliphatic rings. The SMILES string of the molecule is COc1c(Cl)cc(CCCC(C)=O)c(OC)c1OC. The number of rotatable bonds is 7. The van der Waals surface area contributed by atoms with E-state index in [1.807, 2.05) is 0 Å². The van der Waals surface area contributed by atoms with Crippen molar-refractivity contribution in [3.8, 4) is 17.2 Å². The second-order valence-electron chi connectivity index (χ2n) is 4.17. The lowest BCUT2D eigenvalue weighted by atomic mass is 10.0. The second kappa shape index (κ2) is 7.24. The Morgan fingerprint density at radius 1 is 1.11 bits per heavy atom.